The van der Waals surface area contributed by atoms with E-state index >= 15 is 26.3 Å². The molecule has 0 bridgehead atoms. The minimum absolute atomic E-state index is 0.226. The van der Waals surface area contributed by atoms with Gasteiger partial charge in [0.05, 0.1) is 13.2 Å². The summed E-state index contributed by atoms with van der Waals surface area (Å²) in [5.74, 6) is -16.1. The van der Waals surface area contributed by atoms with E-state index in [9.17, 15) is 9.59 Å². The molecule has 2 aromatic heterocycles. The van der Waals surface area contributed by atoms with Crippen LogP contribution in [0.25, 0.3) is 32.0 Å². The zero-order valence-corrected chi connectivity index (χ0v) is 44.7. The smallest absolute Gasteiger partial charge is 0.380 e. The van der Waals surface area contributed by atoms with Crippen LogP contribution < -0.4 is 9.47 Å². The zero-order chi connectivity index (χ0) is 52.7. The number of alkyl halides is 6. The Balaban J connectivity index is 1.08. The number of rotatable bonds is 38. The fourth-order valence-corrected chi connectivity index (χ4v) is 11.7. The number of hydrogen-bond donors (Lipinski definition) is 2. The molecule has 1 aliphatic rings. The topological polar surface area (TPSA) is 93.1 Å². The number of carbonyl (C=O) groups is 2. The number of hydrogen-bond acceptors (Lipinski definition) is 6. The van der Waals surface area contributed by atoms with Crippen LogP contribution in [0.1, 0.15) is 201 Å². The molecule has 0 atom stereocenters. The maximum absolute atomic E-state index is 16.0. The second kappa shape index (κ2) is 30.3. The molecule has 2 aromatic carbocycles. The summed E-state index contributed by atoms with van der Waals surface area (Å²) >= 11 is 2.18. The predicted molar refractivity (Wildman–Crippen MR) is 286 cm³/mol. The van der Waals surface area contributed by atoms with Gasteiger partial charge in [0.15, 0.2) is 0 Å². The molecule has 0 saturated heterocycles. The van der Waals surface area contributed by atoms with Crippen molar-refractivity contribution in [1.82, 2.24) is 0 Å². The molecule has 0 amide bonds. The van der Waals surface area contributed by atoms with Gasteiger partial charge in [0.25, 0.3) is 0 Å². The Morgan fingerprint density at radius 1 is 0.425 bits per heavy atom. The molecule has 2 N–H and O–H groups in total. The largest absolute Gasteiger partial charge is 0.494 e. The van der Waals surface area contributed by atoms with Crippen molar-refractivity contribution in [2.75, 3.05) is 13.2 Å². The molecular formula is C59H78F6O6S2. The van der Waals surface area contributed by atoms with Gasteiger partial charge in [0.2, 0.25) is 0 Å². The summed E-state index contributed by atoms with van der Waals surface area (Å²) in [6, 6.07) is 16.7. The zero-order valence-electron chi connectivity index (χ0n) is 43.1. The van der Waals surface area contributed by atoms with Crippen LogP contribution in [-0.4, -0.2) is 53.1 Å². The molecule has 404 valence electrons. The number of thiophene rings is 2. The van der Waals surface area contributed by atoms with Gasteiger partial charge in [0.1, 0.15) is 11.5 Å². The average molecular weight is 1060 g/mol. The Labute approximate surface area is 438 Å². The molecule has 0 saturated carbocycles. The summed E-state index contributed by atoms with van der Waals surface area (Å²) in [5, 5.41) is 17.4. The van der Waals surface area contributed by atoms with E-state index in [1.807, 2.05) is 0 Å². The van der Waals surface area contributed by atoms with Crippen molar-refractivity contribution in [2.24, 2.45) is 0 Å². The van der Waals surface area contributed by atoms with Gasteiger partial charge in [-0.1, -0.05) is 141 Å². The van der Waals surface area contributed by atoms with Crippen molar-refractivity contribution in [3.8, 4) is 32.4 Å². The standard InChI is InChI=1S/C59H78F6O6S2/c1-43-49(41-51(72-43)45-31-35-47(36-32-45)70-39-27-23-19-15-11-7-3-5-9-13-17-21-25-29-53(66)67)55-56(58(62,63)59(64,65)57(55,60)61)50-42-52(73-44(50)2)46-33-37-48(38-34-46)71-40-28-24-20-16-12-8-4-6-10-14-18-22-26-30-54(68)69/h31-38,41-42H,3-30,39-40H2,1-2H3,(H,66,67)(H,68,69). The van der Waals surface area contributed by atoms with E-state index in [-0.39, 0.29) is 33.7 Å². The van der Waals surface area contributed by atoms with Crippen LogP contribution in [0.4, 0.5) is 26.3 Å². The molecule has 73 heavy (non-hydrogen) atoms. The van der Waals surface area contributed by atoms with E-state index in [0.717, 1.165) is 99.7 Å². The lowest BCUT2D eigenvalue weighted by molar-refractivity contribution is -0.254. The van der Waals surface area contributed by atoms with Crippen molar-refractivity contribution in [3.63, 3.8) is 0 Å². The molecule has 6 nitrogen and oxygen atoms in total. The van der Waals surface area contributed by atoms with Crippen LogP contribution >= 0.6 is 22.7 Å². The first-order chi connectivity index (χ1) is 35.0. The Bertz CT molecular complexity index is 2140. The Morgan fingerprint density at radius 2 is 0.685 bits per heavy atom. The fourth-order valence-electron chi connectivity index (χ4n) is 9.63. The van der Waals surface area contributed by atoms with Crippen LogP contribution in [0.5, 0.6) is 11.5 Å². The highest BCUT2D eigenvalue weighted by atomic mass is 32.1. The lowest BCUT2D eigenvalue weighted by Crippen LogP contribution is -2.48. The van der Waals surface area contributed by atoms with Crippen LogP contribution in [0.15, 0.2) is 60.7 Å². The molecule has 0 fully saturated rings. The van der Waals surface area contributed by atoms with E-state index in [1.165, 1.54) is 116 Å². The van der Waals surface area contributed by atoms with Crippen LogP contribution in [0, 0.1) is 13.8 Å². The van der Waals surface area contributed by atoms with Crippen molar-refractivity contribution >= 4 is 45.8 Å². The van der Waals surface area contributed by atoms with Gasteiger partial charge in [-0.15, -0.1) is 22.7 Å². The molecule has 1 aliphatic carbocycles. The number of aliphatic carboxylic acids is 2. The normalized spacial score (nSPS) is 14.8. The second-order valence-corrected chi connectivity index (χ2v) is 22.4. The number of carboxylic acid groups (broad SMARTS) is 2. The SMILES string of the molecule is Cc1sc(-c2ccc(OCCCCCCCCCCCCCCCC(=O)O)cc2)cc1C1=C(c2cc(-c3ccc(OCCCCCCCCCCCCCCCC(=O)O)cc3)sc2C)C(F)(F)C(F)(F)C1(F)F. The van der Waals surface area contributed by atoms with E-state index in [0.29, 0.717) is 45.6 Å². The molecular weight excluding hydrogens is 983 g/mol. The molecule has 2 heterocycles. The second-order valence-electron chi connectivity index (χ2n) is 19.9. The minimum atomic E-state index is -5.66. The first kappa shape index (κ1) is 59.6. The van der Waals surface area contributed by atoms with Gasteiger partial charge < -0.3 is 19.7 Å². The molecule has 0 aliphatic heterocycles. The number of unbranched alkanes of at least 4 members (excludes halogenated alkanes) is 24. The van der Waals surface area contributed by atoms with Crippen LogP contribution in [0.3, 0.4) is 0 Å². The Hall–Kier alpha value is -4.30. The average Bonchev–Trinajstić information content (AvgIpc) is 3.96. The third-order valence-corrected chi connectivity index (χ3v) is 16.1. The van der Waals surface area contributed by atoms with Crippen LogP contribution in [0.2, 0.25) is 0 Å². The van der Waals surface area contributed by atoms with Gasteiger partial charge >= 0.3 is 29.7 Å². The van der Waals surface area contributed by atoms with E-state index < -0.39 is 40.9 Å². The maximum atomic E-state index is 16.0. The number of carboxylic acids is 2. The molecule has 0 radical (unpaired) electrons. The first-order valence-corrected chi connectivity index (χ1v) is 28.7. The number of aryl methyl sites for hydroxylation is 2. The van der Waals surface area contributed by atoms with Gasteiger partial charge in [0, 0.05) is 43.5 Å². The molecule has 14 heteroatoms. The van der Waals surface area contributed by atoms with Crippen molar-refractivity contribution in [2.45, 2.75) is 211 Å². The highest BCUT2D eigenvalue weighted by molar-refractivity contribution is 7.16. The fraction of sp³-hybridized carbons (Fsp3) is 0.593. The summed E-state index contributed by atoms with van der Waals surface area (Å²) in [7, 11) is 0. The first-order valence-electron chi connectivity index (χ1n) is 27.0. The quantitative estimate of drug-likeness (QED) is 0.0343. The van der Waals surface area contributed by atoms with Crippen molar-refractivity contribution in [1.29, 1.82) is 0 Å². The van der Waals surface area contributed by atoms with Gasteiger partial charge in [-0.2, -0.15) is 26.3 Å². The Morgan fingerprint density at radius 3 is 0.959 bits per heavy atom. The molecule has 0 unspecified atom stereocenters. The summed E-state index contributed by atoms with van der Waals surface area (Å²) in [6.07, 6.45) is 29.3. The van der Waals surface area contributed by atoms with E-state index in [2.05, 4.69) is 0 Å². The van der Waals surface area contributed by atoms with Crippen LogP contribution in [-0.2, 0) is 9.59 Å². The maximum Gasteiger partial charge on any atom is 0.380 e. The van der Waals surface area contributed by atoms with Gasteiger partial charge in [-0.05, 0) is 122 Å². The molecule has 4 aromatic rings. The molecule has 5 rings (SSSR count). The van der Waals surface area contributed by atoms with E-state index in [1.54, 1.807) is 48.5 Å². The number of ether oxygens (including phenoxy) is 2. The van der Waals surface area contributed by atoms with Crippen molar-refractivity contribution in [3.05, 3.63) is 81.5 Å². The third-order valence-electron chi connectivity index (χ3n) is 13.9. The Kier molecular flexibility index (Phi) is 24.7. The lowest BCUT2D eigenvalue weighted by atomic mass is 9.94. The third kappa shape index (κ3) is 17.9. The van der Waals surface area contributed by atoms with Crippen molar-refractivity contribution < 1.29 is 55.6 Å². The number of halogens is 6. The highest BCUT2D eigenvalue weighted by Crippen LogP contribution is 2.66. The summed E-state index contributed by atoms with van der Waals surface area (Å²) in [4.78, 5) is 22.6. The summed E-state index contributed by atoms with van der Waals surface area (Å²) < 4.78 is 107. The minimum Gasteiger partial charge on any atom is -0.494 e. The predicted octanol–water partition coefficient (Wildman–Crippen LogP) is 19.4. The number of allylic oxidation sites excluding steroid dienone is 2. The lowest BCUT2D eigenvalue weighted by Gasteiger charge is -2.25. The monoisotopic (exact) mass is 1060 g/mol. The molecule has 0 spiro atoms. The van der Waals surface area contributed by atoms with Gasteiger partial charge in [-0.25, -0.2) is 0 Å². The number of benzene rings is 2. The highest BCUT2D eigenvalue weighted by Gasteiger charge is 2.80. The van der Waals surface area contributed by atoms with E-state index in [4.69, 9.17) is 19.7 Å². The summed E-state index contributed by atoms with van der Waals surface area (Å²) in [5.41, 5.74) is -2.07. The van der Waals surface area contributed by atoms with Gasteiger partial charge in [-0.3, -0.25) is 9.59 Å². The summed E-state index contributed by atoms with van der Waals surface area (Å²) in [6.45, 7) is 4.07.